The standard InChI is InChI=1S/C22H24BrNO2/c23-19-8-4-7-18(15-19)22(9-10-22)20(25)24-16-21(11-13-26-14-12-21)17-5-2-1-3-6-17/h1-8,15H,9-14,16H2,(H,24,25). The van der Waals surface area contributed by atoms with E-state index >= 15 is 0 Å². The number of nitrogens with one attached hydrogen (secondary N) is 1. The Kier molecular flexibility index (Phi) is 4.89. The maximum Gasteiger partial charge on any atom is 0.230 e. The van der Waals surface area contributed by atoms with Crippen molar-refractivity contribution in [2.75, 3.05) is 19.8 Å². The first-order chi connectivity index (χ1) is 12.6. The van der Waals surface area contributed by atoms with Crippen LogP contribution < -0.4 is 5.32 Å². The molecule has 2 aromatic rings. The number of carbonyl (C=O) groups excluding carboxylic acids is 1. The molecule has 1 heterocycles. The predicted octanol–water partition coefficient (Wildman–Crippen LogP) is 4.35. The van der Waals surface area contributed by atoms with E-state index in [0.717, 1.165) is 48.9 Å². The summed E-state index contributed by atoms with van der Waals surface area (Å²) < 4.78 is 6.62. The molecule has 1 N–H and O–H groups in total. The number of hydrogen-bond acceptors (Lipinski definition) is 2. The molecule has 1 aliphatic heterocycles. The highest BCUT2D eigenvalue weighted by Crippen LogP contribution is 2.49. The lowest BCUT2D eigenvalue weighted by molar-refractivity contribution is -0.124. The normalized spacial score (nSPS) is 20.3. The van der Waals surface area contributed by atoms with E-state index in [1.54, 1.807) is 0 Å². The Bertz CT molecular complexity index is 780. The van der Waals surface area contributed by atoms with Crippen LogP contribution in [0.2, 0.25) is 0 Å². The number of halogens is 1. The van der Waals surface area contributed by atoms with Crippen molar-refractivity contribution in [3.8, 4) is 0 Å². The van der Waals surface area contributed by atoms with Gasteiger partial charge in [-0.3, -0.25) is 4.79 Å². The second-order valence-corrected chi connectivity index (χ2v) is 8.45. The molecule has 4 heteroatoms. The van der Waals surface area contributed by atoms with Gasteiger partial charge in [0.1, 0.15) is 0 Å². The Morgan fingerprint density at radius 1 is 0.962 bits per heavy atom. The highest BCUT2D eigenvalue weighted by atomic mass is 79.9. The lowest BCUT2D eigenvalue weighted by Gasteiger charge is -2.38. The minimum absolute atomic E-state index is 0.0253. The van der Waals surface area contributed by atoms with Gasteiger partial charge in [-0.05, 0) is 48.9 Å². The molecule has 3 nitrogen and oxygen atoms in total. The molecule has 1 aliphatic carbocycles. The Morgan fingerprint density at radius 2 is 1.65 bits per heavy atom. The van der Waals surface area contributed by atoms with Crippen molar-refractivity contribution in [3.05, 3.63) is 70.2 Å². The Hall–Kier alpha value is -1.65. The van der Waals surface area contributed by atoms with E-state index in [4.69, 9.17) is 4.74 Å². The highest BCUT2D eigenvalue weighted by Gasteiger charge is 2.51. The molecule has 2 aliphatic rings. The number of benzene rings is 2. The summed E-state index contributed by atoms with van der Waals surface area (Å²) in [6.45, 7) is 2.18. The van der Waals surface area contributed by atoms with Crippen molar-refractivity contribution in [3.63, 3.8) is 0 Å². The smallest absolute Gasteiger partial charge is 0.230 e. The van der Waals surface area contributed by atoms with Crippen LogP contribution >= 0.6 is 15.9 Å². The summed E-state index contributed by atoms with van der Waals surface area (Å²) in [4.78, 5) is 13.1. The highest BCUT2D eigenvalue weighted by molar-refractivity contribution is 9.10. The van der Waals surface area contributed by atoms with Gasteiger partial charge in [0.25, 0.3) is 0 Å². The first-order valence-corrected chi connectivity index (χ1v) is 10.1. The van der Waals surface area contributed by atoms with Gasteiger partial charge >= 0.3 is 0 Å². The third kappa shape index (κ3) is 3.33. The summed E-state index contributed by atoms with van der Waals surface area (Å²) in [6.07, 6.45) is 3.75. The van der Waals surface area contributed by atoms with Crippen molar-refractivity contribution in [1.29, 1.82) is 0 Å². The molecule has 136 valence electrons. The number of ether oxygens (including phenoxy) is 1. The molecule has 0 atom stereocenters. The minimum Gasteiger partial charge on any atom is -0.381 e. The summed E-state index contributed by atoms with van der Waals surface area (Å²) in [7, 11) is 0. The molecule has 0 radical (unpaired) electrons. The van der Waals surface area contributed by atoms with Crippen molar-refractivity contribution in [1.82, 2.24) is 5.32 Å². The van der Waals surface area contributed by atoms with E-state index in [2.05, 4.69) is 57.6 Å². The zero-order chi connectivity index (χ0) is 18.0. The predicted molar refractivity (Wildman–Crippen MR) is 106 cm³/mol. The van der Waals surface area contributed by atoms with Crippen molar-refractivity contribution in [2.45, 2.75) is 36.5 Å². The maximum atomic E-state index is 13.1. The third-order valence-corrected chi connectivity index (χ3v) is 6.48. The minimum atomic E-state index is -0.340. The Balaban J connectivity index is 1.52. The second-order valence-electron chi connectivity index (χ2n) is 7.53. The van der Waals surface area contributed by atoms with Gasteiger partial charge in [0.05, 0.1) is 5.41 Å². The van der Waals surface area contributed by atoms with E-state index in [0.29, 0.717) is 6.54 Å². The molecule has 0 bridgehead atoms. The van der Waals surface area contributed by atoms with Crippen molar-refractivity contribution >= 4 is 21.8 Å². The van der Waals surface area contributed by atoms with Crippen LogP contribution in [0.15, 0.2) is 59.1 Å². The zero-order valence-electron chi connectivity index (χ0n) is 14.8. The lowest BCUT2D eigenvalue weighted by atomic mass is 9.74. The number of hydrogen-bond donors (Lipinski definition) is 1. The fourth-order valence-corrected chi connectivity index (χ4v) is 4.50. The summed E-state index contributed by atoms with van der Waals surface area (Å²) in [5.74, 6) is 0.164. The molecule has 0 aromatic heterocycles. The van der Waals surface area contributed by atoms with Gasteiger partial charge in [-0.1, -0.05) is 58.4 Å². The third-order valence-electron chi connectivity index (χ3n) is 5.99. The van der Waals surface area contributed by atoms with E-state index < -0.39 is 0 Å². The van der Waals surface area contributed by atoms with Crippen LogP contribution in [-0.4, -0.2) is 25.7 Å². The van der Waals surface area contributed by atoms with Gasteiger partial charge in [-0.2, -0.15) is 0 Å². The summed E-state index contributed by atoms with van der Waals surface area (Å²) >= 11 is 3.53. The van der Waals surface area contributed by atoms with Crippen LogP contribution in [0.4, 0.5) is 0 Å². The molecule has 1 saturated heterocycles. The quantitative estimate of drug-likeness (QED) is 0.791. The summed E-state index contributed by atoms with van der Waals surface area (Å²) in [5, 5.41) is 3.30. The summed E-state index contributed by atoms with van der Waals surface area (Å²) in [6, 6.07) is 18.7. The Labute approximate surface area is 163 Å². The van der Waals surface area contributed by atoms with E-state index in [-0.39, 0.29) is 16.7 Å². The molecule has 2 fully saturated rings. The van der Waals surface area contributed by atoms with Crippen LogP contribution in [0, 0.1) is 0 Å². The topological polar surface area (TPSA) is 38.3 Å². The molecule has 4 rings (SSSR count). The molecule has 1 amide bonds. The zero-order valence-corrected chi connectivity index (χ0v) is 16.4. The first kappa shape index (κ1) is 17.7. The average Bonchev–Trinajstić information content (AvgIpc) is 3.50. The number of rotatable bonds is 5. The van der Waals surface area contributed by atoms with Crippen LogP contribution in [0.25, 0.3) is 0 Å². The monoisotopic (exact) mass is 413 g/mol. The largest absolute Gasteiger partial charge is 0.381 e. The van der Waals surface area contributed by atoms with Crippen LogP contribution in [-0.2, 0) is 20.4 Å². The average molecular weight is 414 g/mol. The van der Waals surface area contributed by atoms with Gasteiger partial charge in [0.2, 0.25) is 5.91 Å². The van der Waals surface area contributed by atoms with Gasteiger partial charge < -0.3 is 10.1 Å². The van der Waals surface area contributed by atoms with Gasteiger partial charge in [0.15, 0.2) is 0 Å². The van der Waals surface area contributed by atoms with E-state index in [1.165, 1.54) is 5.56 Å². The SMILES string of the molecule is O=C(NCC1(c2ccccc2)CCOCC1)C1(c2cccc(Br)c2)CC1. The van der Waals surface area contributed by atoms with Gasteiger partial charge in [-0.25, -0.2) is 0 Å². The van der Waals surface area contributed by atoms with Crippen LogP contribution in [0.3, 0.4) is 0 Å². The second kappa shape index (κ2) is 7.16. The van der Waals surface area contributed by atoms with Crippen molar-refractivity contribution in [2.24, 2.45) is 0 Å². The Morgan fingerprint density at radius 3 is 2.31 bits per heavy atom. The van der Waals surface area contributed by atoms with E-state index in [1.807, 2.05) is 18.2 Å². The first-order valence-electron chi connectivity index (χ1n) is 9.32. The number of carbonyl (C=O) groups is 1. The molecular formula is C22H24BrNO2. The molecule has 26 heavy (non-hydrogen) atoms. The molecule has 1 saturated carbocycles. The molecule has 2 aromatic carbocycles. The fourth-order valence-electron chi connectivity index (χ4n) is 4.10. The molecule has 0 spiro atoms. The number of amides is 1. The lowest BCUT2D eigenvalue weighted by Crippen LogP contribution is -2.47. The fraction of sp³-hybridized carbons (Fsp3) is 0.409. The molecular weight excluding hydrogens is 390 g/mol. The van der Waals surface area contributed by atoms with E-state index in [9.17, 15) is 4.79 Å². The van der Waals surface area contributed by atoms with Crippen LogP contribution in [0.5, 0.6) is 0 Å². The van der Waals surface area contributed by atoms with Crippen molar-refractivity contribution < 1.29 is 9.53 Å². The van der Waals surface area contributed by atoms with Gasteiger partial charge in [0, 0.05) is 29.6 Å². The summed E-state index contributed by atoms with van der Waals surface area (Å²) in [5.41, 5.74) is 2.05. The van der Waals surface area contributed by atoms with Crippen LogP contribution in [0.1, 0.15) is 36.8 Å². The van der Waals surface area contributed by atoms with Gasteiger partial charge in [-0.15, -0.1) is 0 Å². The molecule has 0 unspecified atom stereocenters. The maximum absolute atomic E-state index is 13.1.